The Morgan fingerprint density at radius 2 is 2.18 bits per heavy atom. The number of aromatic nitrogens is 2. The highest BCUT2D eigenvalue weighted by atomic mass is 16.3. The maximum absolute atomic E-state index is 12.5. The molecule has 22 heavy (non-hydrogen) atoms. The van der Waals surface area contributed by atoms with Crippen molar-refractivity contribution in [1.82, 2.24) is 20.0 Å². The lowest BCUT2D eigenvalue weighted by Gasteiger charge is -2.31. The predicted octanol–water partition coefficient (Wildman–Crippen LogP) is 0.581. The SMILES string of the molecule is O=C(Cn1nccc1[C@@H]1CCCNC1)N1CCC(CO)CC1. The highest BCUT2D eigenvalue weighted by molar-refractivity contribution is 5.76. The molecule has 2 aliphatic rings. The summed E-state index contributed by atoms with van der Waals surface area (Å²) in [4.78, 5) is 14.4. The van der Waals surface area contributed by atoms with Gasteiger partial charge in [0.1, 0.15) is 6.54 Å². The van der Waals surface area contributed by atoms with Gasteiger partial charge >= 0.3 is 0 Å². The number of rotatable bonds is 4. The minimum absolute atomic E-state index is 0.144. The number of aliphatic hydroxyl groups excluding tert-OH is 1. The zero-order chi connectivity index (χ0) is 15.4. The van der Waals surface area contributed by atoms with Crippen molar-refractivity contribution in [3.8, 4) is 0 Å². The molecule has 6 heteroatoms. The van der Waals surface area contributed by atoms with Crippen LogP contribution in [0.15, 0.2) is 12.3 Å². The molecule has 0 unspecified atom stereocenters. The Labute approximate surface area is 131 Å². The van der Waals surface area contributed by atoms with Gasteiger partial charge in [-0.2, -0.15) is 5.10 Å². The molecule has 0 aliphatic carbocycles. The molecule has 0 radical (unpaired) electrons. The van der Waals surface area contributed by atoms with E-state index in [0.717, 1.165) is 45.4 Å². The third-order valence-corrected chi connectivity index (χ3v) is 4.98. The van der Waals surface area contributed by atoms with Gasteiger partial charge in [-0.25, -0.2) is 0 Å². The van der Waals surface area contributed by atoms with Crippen molar-refractivity contribution >= 4 is 5.91 Å². The average Bonchev–Trinajstić information content (AvgIpc) is 3.04. The molecule has 1 amide bonds. The molecule has 0 bridgehead atoms. The predicted molar refractivity (Wildman–Crippen MR) is 83.5 cm³/mol. The van der Waals surface area contributed by atoms with Crippen LogP contribution in [-0.2, 0) is 11.3 Å². The van der Waals surface area contributed by atoms with Gasteiger partial charge in [-0.05, 0) is 44.2 Å². The Hall–Kier alpha value is -1.40. The van der Waals surface area contributed by atoms with Gasteiger partial charge in [0.05, 0.1) is 0 Å². The second-order valence-corrected chi connectivity index (χ2v) is 6.46. The quantitative estimate of drug-likeness (QED) is 0.854. The van der Waals surface area contributed by atoms with Crippen molar-refractivity contribution in [1.29, 1.82) is 0 Å². The van der Waals surface area contributed by atoms with Crippen LogP contribution in [0, 0.1) is 5.92 Å². The van der Waals surface area contributed by atoms with Gasteiger partial charge in [-0.1, -0.05) is 0 Å². The van der Waals surface area contributed by atoms with Gasteiger partial charge in [0, 0.05) is 44.0 Å². The molecule has 3 heterocycles. The molecule has 0 spiro atoms. The van der Waals surface area contributed by atoms with Gasteiger partial charge < -0.3 is 15.3 Å². The number of carbonyl (C=O) groups excluding carboxylic acids is 1. The van der Waals surface area contributed by atoms with E-state index in [9.17, 15) is 9.90 Å². The van der Waals surface area contributed by atoms with Gasteiger partial charge in [0.2, 0.25) is 5.91 Å². The molecule has 2 N–H and O–H groups in total. The topological polar surface area (TPSA) is 70.4 Å². The fourth-order valence-corrected chi connectivity index (χ4v) is 3.52. The summed E-state index contributed by atoms with van der Waals surface area (Å²) in [5.74, 6) is 0.965. The maximum atomic E-state index is 12.5. The largest absolute Gasteiger partial charge is 0.396 e. The van der Waals surface area contributed by atoms with Crippen molar-refractivity contribution < 1.29 is 9.90 Å². The van der Waals surface area contributed by atoms with Gasteiger partial charge in [0.25, 0.3) is 0 Å². The van der Waals surface area contributed by atoms with Crippen LogP contribution in [0.2, 0.25) is 0 Å². The number of nitrogens with zero attached hydrogens (tertiary/aromatic N) is 3. The molecule has 2 fully saturated rings. The van der Waals surface area contributed by atoms with E-state index in [-0.39, 0.29) is 12.5 Å². The zero-order valence-electron chi connectivity index (χ0n) is 13.1. The lowest BCUT2D eigenvalue weighted by atomic mass is 9.96. The first-order chi connectivity index (χ1) is 10.8. The summed E-state index contributed by atoms with van der Waals surface area (Å²) in [6, 6.07) is 2.04. The molecule has 122 valence electrons. The maximum Gasteiger partial charge on any atom is 0.244 e. The van der Waals surface area contributed by atoms with Crippen LogP contribution in [0.5, 0.6) is 0 Å². The number of nitrogens with one attached hydrogen (secondary N) is 1. The van der Waals surface area contributed by atoms with Crippen LogP contribution in [0.3, 0.4) is 0 Å². The molecular formula is C16H26N4O2. The number of hydrogen-bond donors (Lipinski definition) is 2. The fourth-order valence-electron chi connectivity index (χ4n) is 3.52. The summed E-state index contributed by atoms with van der Waals surface area (Å²) in [5.41, 5.74) is 1.17. The third-order valence-electron chi connectivity index (χ3n) is 4.98. The van der Waals surface area contributed by atoms with Crippen LogP contribution in [0.1, 0.15) is 37.3 Å². The first-order valence-corrected chi connectivity index (χ1v) is 8.39. The summed E-state index contributed by atoms with van der Waals surface area (Å²) in [6.45, 7) is 4.14. The summed E-state index contributed by atoms with van der Waals surface area (Å²) >= 11 is 0. The van der Waals surface area contributed by atoms with E-state index in [1.54, 1.807) is 6.20 Å². The highest BCUT2D eigenvalue weighted by Gasteiger charge is 2.24. The lowest BCUT2D eigenvalue weighted by Crippen LogP contribution is -2.41. The van der Waals surface area contributed by atoms with Gasteiger partial charge in [0.15, 0.2) is 0 Å². The molecule has 6 nitrogen and oxygen atoms in total. The number of carbonyl (C=O) groups is 1. The van der Waals surface area contributed by atoms with Crippen molar-refractivity contribution in [2.24, 2.45) is 5.92 Å². The lowest BCUT2D eigenvalue weighted by molar-refractivity contribution is -0.133. The third kappa shape index (κ3) is 3.50. The summed E-state index contributed by atoms with van der Waals surface area (Å²) in [5, 5.41) is 17.0. The number of amides is 1. The second kappa shape index (κ2) is 7.24. The summed E-state index contributed by atoms with van der Waals surface area (Å²) in [7, 11) is 0. The Kier molecular flexibility index (Phi) is 5.10. The van der Waals surface area contributed by atoms with E-state index < -0.39 is 0 Å². The summed E-state index contributed by atoms with van der Waals surface area (Å²) in [6.07, 6.45) is 5.95. The van der Waals surface area contributed by atoms with Crippen LogP contribution in [-0.4, -0.2) is 58.5 Å². The van der Waals surface area contributed by atoms with Gasteiger partial charge in [-0.15, -0.1) is 0 Å². The van der Waals surface area contributed by atoms with E-state index in [1.807, 2.05) is 15.6 Å². The van der Waals surface area contributed by atoms with E-state index >= 15 is 0 Å². The first-order valence-electron chi connectivity index (χ1n) is 8.39. The minimum atomic E-state index is 0.144. The van der Waals surface area contributed by atoms with Crippen molar-refractivity contribution in [3.63, 3.8) is 0 Å². The molecule has 0 saturated carbocycles. The van der Waals surface area contributed by atoms with Crippen LogP contribution in [0.25, 0.3) is 0 Å². The van der Waals surface area contributed by atoms with Crippen LogP contribution >= 0.6 is 0 Å². The fraction of sp³-hybridized carbons (Fsp3) is 0.750. The van der Waals surface area contributed by atoms with Gasteiger partial charge in [-0.3, -0.25) is 9.48 Å². The second-order valence-electron chi connectivity index (χ2n) is 6.46. The Morgan fingerprint density at radius 1 is 1.36 bits per heavy atom. The molecule has 2 saturated heterocycles. The smallest absolute Gasteiger partial charge is 0.244 e. The molecular weight excluding hydrogens is 280 g/mol. The summed E-state index contributed by atoms with van der Waals surface area (Å²) < 4.78 is 1.87. The van der Waals surface area contributed by atoms with Crippen molar-refractivity contribution in [3.05, 3.63) is 18.0 Å². The van der Waals surface area contributed by atoms with Crippen molar-refractivity contribution in [2.75, 3.05) is 32.8 Å². The van der Waals surface area contributed by atoms with Crippen LogP contribution < -0.4 is 5.32 Å². The normalized spacial score (nSPS) is 23.7. The molecule has 3 rings (SSSR count). The number of hydrogen-bond acceptors (Lipinski definition) is 4. The van der Waals surface area contributed by atoms with E-state index in [2.05, 4.69) is 10.4 Å². The van der Waals surface area contributed by atoms with E-state index in [0.29, 0.717) is 18.4 Å². The minimum Gasteiger partial charge on any atom is -0.396 e. The van der Waals surface area contributed by atoms with E-state index in [1.165, 1.54) is 12.1 Å². The average molecular weight is 306 g/mol. The van der Waals surface area contributed by atoms with Crippen LogP contribution in [0.4, 0.5) is 0 Å². The Balaban J connectivity index is 1.59. The Bertz CT molecular complexity index is 488. The molecule has 1 atom stereocenters. The zero-order valence-corrected chi connectivity index (χ0v) is 13.1. The first kappa shape index (κ1) is 15.5. The molecule has 2 aliphatic heterocycles. The molecule has 0 aromatic carbocycles. The highest BCUT2D eigenvalue weighted by Crippen LogP contribution is 2.23. The Morgan fingerprint density at radius 3 is 2.86 bits per heavy atom. The number of likely N-dealkylation sites (tertiary alicyclic amines) is 1. The standard InChI is InChI=1S/C16H26N4O2/c21-12-13-4-8-19(9-5-13)16(22)11-20-15(3-7-18-20)14-2-1-6-17-10-14/h3,7,13-14,17,21H,1-2,4-6,8-12H2/t14-/m1/s1. The molecule has 1 aromatic heterocycles. The monoisotopic (exact) mass is 306 g/mol. The number of aliphatic hydroxyl groups is 1. The number of piperidine rings is 2. The molecule has 1 aromatic rings. The van der Waals surface area contributed by atoms with Crippen molar-refractivity contribution in [2.45, 2.75) is 38.1 Å². The van der Waals surface area contributed by atoms with E-state index in [4.69, 9.17) is 0 Å².